The van der Waals surface area contributed by atoms with Crippen LogP contribution in [0.1, 0.15) is 44.3 Å². The van der Waals surface area contributed by atoms with Gasteiger partial charge in [0.15, 0.2) is 0 Å². The number of hydrogen-bond acceptors (Lipinski definition) is 5. The number of aromatic amines is 1. The van der Waals surface area contributed by atoms with Gasteiger partial charge in [0, 0.05) is 24.2 Å². The first-order chi connectivity index (χ1) is 20.2. The number of alkyl halides is 5. The number of piperazine rings is 1. The van der Waals surface area contributed by atoms with E-state index in [9.17, 15) is 45.5 Å². The molecule has 1 fully saturated rings. The van der Waals surface area contributed by atoms with E-state index in [0.717, 1.165) is 21.9 Å². The number of rotatable bonds is 7. The van der Waals surface area contributed by atoms with E-state index in [-0.39, 0.29) is 52.3 Å². The van der Waals surface area contributed by atoms with Crippen LogP contribution < -0.4 is 15.2 Å². The van der Waals surface area contributed by atoms with Crippen LogP contribution in [0.2, 0.25) is 0 Å². The Labute approximate surface area is 240 Å². The molecule has 228 valence electrons. The molecular weight excluding hydrogens is 586 g/mol. The van der Waals surface area contributed by atoms with Crippen molar-refractivity contribution >= 4 is 17.8 Å². The predicted molar refractivity (Wildman–Crippen MR) is 136 cm³/mol. The molecule has 1 N–H and O–H groups in total. The van der Waals surface area contributed by atoms with Crippen LogP contribution in [0.4, 0.5) is 26.3 Å². The first-order valence-corrected chi connectivity index (χ1v) is 12.8. The van der Waals surface area contributed by atoms with Gasteiger partial charge in [-0.2, -0.15) is 18.0 Å². The third-order valence-corrected chi connectivity index (χ3v) is 7.08. The van der Waals surface area contributed by atoms with E-state index in [2.05, 4.69) is 4.84 Å². The van der Waals surface area contributed by atoms with Gasteiger partial charge in [-0.25, -0.2) is 18.0 Å². The van der Waals surface area contributed by atoms with E-state index in [1.54, 1.807) is 18.2 Å². The minimum absolute atomic E-state index is 0.0950. The van der Waals surface area contributed by atoms with Gasteiger partial charge < -0.3 is 9.80 Å². The summed E-state index contributed by atoms with van der Waals surface area (Å²) >= 11 is 0. The van der Waals surface area contributed by atoms with Crippen molar-refractivity contribution in [3.63, 3.8) is 0 Å². The van der Waals surface area contributed by atoms with E-state index in [1.807, 2.05) is 5.10 Å². The number of nitrogens with one attached hydrogen (secondary N) is 1. The molecule has 1 unspecified atom stereocenters. The molecule has 1 saturated heterocycles. The number of benzene rings is 2. The van der Waals surface area contributed by atoms with Crippen molar-refractivity contribution in [1.29, 1.82) is 0 Å². The fourth-order valence-corrected chi connectivity index (χ4v) is 4.68. The molecule has 1 atom stereocenters. The fraction of sp³-hybridized carbons (Fsp3) is 0.321. The number of hydrogen-bond donors (Lipinski definition) is 1. The number of H-pyrrole nitrogens is 1. The average Bonchev–Trinajstić information content (AvgIpc) is 2.95. The SMILES string of the molecule is Cc1c(C)c(=O)[nH][n+](OC(=O)C(F)(F)F)c1Cc1ccc(F)c(C(=O)N2CCN(C(c3ccccc3)C(F)F)C(=O)C2)c1. The summed E-state index contributed by atoms with van der Waals surface area (Å²) in [6.45, 7) is 1.79. The number of amides is 2. The molecule has 0 spiro atoms. The van der Waals surface area contributed by atoms with Crippen LogP contribution >= 0.6 is 0 Å². The molecule has 2 heterocycles. The van der Waals surface area contributed by atoms with Crippen molar-refractivity contribution in [3.8, 4) is 0 Å². The van der Waals surface area contributed by atoms with Gasteiger partial charge in [0.1, 0.15) is 23.2 Å². The summed E-state index contributed by atoms with van der Waals surface area (Å²) in [5.41, 5.74) is -0.715. The highest BCUT2D eigenvalue weighted by Crippen LogP contribution is 2.29. The fourth-order valence-electron chi connectivity index (χ4n) is 4.68. The van der Waals surface area contributed by atoms with Crippen LogP contribution in [-0.2, 0) is 16.0 Å². The second-order valence-corrected chi connectivity index (χ2v) is 9.80. The Bertz CT molecular complexity index is 1610. The van der Waals surface area contributed by atoms with Gasteiger partial charge in [-0.15, -0.1) is 0 Å². The Morgan fingerprint density at radius 1 is 1.02 bits per heavy atom. The van der Waals surface area contributed by atoms with Gasteiger partial charge in [0.25, 0.3) is 18.0 Å². The maximum Gasteiger partial charge on any atom is 0.498 e. The number of halogens is 6. The van der Waals surface area contributed by atoms with Crippen molar-refractivity contribution in [2.75, 3.05) is 19.6 Å². The minimum Gasteiger partial charge on any atom is -0.327 e. The van der Waals surface area contributed by atoms with Crippen molar-refractivity contribution in [2.24, 2.45) is 0 Å². The monoisotopic (exact) mass is 611 g/mol. The zero-order chi connectivity index (χ0) is 31.6. The lowest BCUT2D eigenvalue weighted by Gasteiger charge is -2.39. The molecule has 4 rings (SSSR count). The molecule has 0 saturated carbocycles. The normalized spacial score (nSPS) is 14.7. The largest absolute Gasteiger partial charge is 0.498 e. The molecule has 43 heavy (non-hydrogen) atoms. The zero-order valence-electron chi connectivity index (χ0n) is 22.8. The minimum atomic E-state index is -5.37. The van der Waals surface area contributed by atoms with Crippen molar-refractivity contribution in [1.82, 2.24) is 14.9 Å². The molecule has 9 nitrogen and oxygen atoms in total. The van der Waals surface area contributed by atoms with E-state index >= 15 is 0 Å². The summed E-state index contributed by atoms with van der Waals surface area (Å²) in [7, 11) is 0. The summed E-state index contributed by atoms with van der Waals surface area (Å²) < 4.78 is 81.2. The van der Waals surface area contributed by atoms with Gasteiger partial charge in [-0.1, -0.05) is 41.5 Å². The number of carbonyl (C=O) groups excluding carboxylic acids is 3. The van der Waals surface area contributed by atoms with Crippen LogP contribution in [0.15, 0.2) is 53.3 Å². The Morgan fingerprint density at radius 3 is 2.30 bits per heavy atom. The van der Waals surface area contributed by atoms with E-state index in [4.69, 9.17) is 0 Å². The maximum absolute atomic E-state index is 14.8. The molecule has 0 bridgehead atoms. The second kappa shape index (κ2) is 12.3. The Morgan fingerprint density at radius 2 is 1.70 bits per heavy atom. The Kier molecular flexibility index (Phi) is 8.92. The highest BCUT2D eigenvalue weighted by Gasteiger charge is 2.46. The van der Waals surface area contributed by atoms with E-state index in [0.29, 0.717) is 0 Å². The van der Waals surface area contributed by atoms with Crippen molar-refractivity contribution in [2.45, 2.75) is 38.9 Å². The van der Waals surface area contributed by atoms with Gasteiger partial charge in [0.2, 0.25) is 5.91 Å². The molecular formula is C28H25F6N4O5+. The smallest absolute Gasteiger partial charge is 0.327 e. The van der Waals surface area contributed by atoms with Crippen LogP contribution in [0, 0.1) is 19.7 Å². The van der Waals surface area contributed by atoms with E-state index in [1.165, 1.54) is 32.0 Å². The van der Waals surface area contributed by atoms with Gasteiger partial charge in [0.05, 0.1) is 12.0 Å². The highest BCUT2D eigenvalue weighted by atomic mass is 19.4. The lowest BCUT2D eigenvalue weighted by Crippen LogP contribution is -2.58. The lowest BCUT2D eigenvalue weighted by atomic mass is 10.0. The molecule has 0 radical (unpaired) electrons. The molecule has 1 aliphatic heterocycles. The number of aromatic nitrogens is 2. The highest BCUT2D eigenvalue weighted by molar-refractivity contribution is 5.97. The second-order valence-electron chi connectivity index (χ2n) is 9.80. The van der Waals surface area contributed by atoms with Crippen LogP contribution in [-0.4, -0.2) is 64.9 Å². The van der Waals surface area contributed by atoms with Gasteiger partial charge >= 0.3 is 17.7 Å². The van der Waals surface area contributed by atoms with Crippen molar-refractivity contribution in [3.05, 3.63) is 98.2 Å². The number of carbonyl (C=O) groups is 3. The summed E-state index contributed by atoms with van der Waals surface area (Å²) in [5.74, 6) is -5.24. The summed E-state index contributed by atoms with van der Waals surface area (Å²) in [6, 6.07) is 9.42. The predicted octanol–water partition coefficient (Wildman–Crippen LogP) is 2.82. The number of nitrogens with zero attached hydrogens (tertiary/aromatic N) is 3. The molecule has 0 aliphatic carbocycles. The topological polar surface area (TPSA) is 104 Å². The third kappa shape index (κ3) is 6.70. The van der Waals surface area contributed by atoms with Crippen LogP contribution in [0.5, 0.6) is 0 Å². The van der Waals surface area contributed by atoms with Gasteiger partial charge in [-0.3, -0.25) is 14.4 Å². The van der Waals surface area contributed by atoms with Crippen LogP contribution in [0.25, 0.3) is 0 Å². The molecule has 1 aromatic heterocycles. The first kappa shape index (κ1) is 31.3. The maximum atomic E-state index is 14.8. The molecule has 2 aromatic carbocycles. The molecule has 3 aromatic rings. The molecule has 15 heteroatoms. The van der Waals surface area contributed by atoms with Crippen molar-refractivity contribution < 1.29 is 50.4 Å². The van der Waals surface area contributed by atoms with E-state index < -0.39 is 59.9 Å². The average molecular weight is 612 g/mol. The molecule has 2 amide bonds. The van der Waals surface area contributed by atoms with Crippen LogP contribution in [0.3, 0.4) is 0 Å². The summed E-state index contributed by atoms with van der Waals surface area (Å²) in [4.78, 5) is 56.4. The zero-order valence-corrected chi connectivity index (χ0v) is 22.8. The first-order valence-electron chi connectivity index (χ1n) is 12.8. The van der Waals surface area contributed by atoms with Gasteiger partial charge in [-0.05, 0) is 37.1 Å². The summed E-state index contributed by atoms with van der Waals surface area (Å²) in [6.07, 6.45) is -8.58. The molecule has 1 aliphatic rings. The Balaban J connectivity index is 1.58. The summed E-state index contributed by atoms with van der Waals surface area (Å²) in [5, 5.41) is 2.02. The standard InChI is InChI=1S/C28H24F6N4O5/c1-15-16(2)25(40)35-38(43-27(42)28(32,33)34)21(15)13-17-8-9-20(29)19(12-17)26(41)36-10-11-37(22(39)14-36)23(24(30)31)18-6-4-3-5-7-18/h3-9,12,23-24H,10-11,13-14H2,1-2H3/p+1. The third-order valence-electron chi connectivity index (χ3n) is 7.08. The lowest BCUT2D eigenvalue weighted by molar-refractivity contribution is -0.921. The Hall–Kier alpha value is -4.69. The quantitative estimate of drug-likeness (QED) is 0.327.